The van der Waals surface area contributed by atoms with Gasteiger partial charge in [-0.2, -0.15) is 0 Å². The zero-order chi connectivity index (χ0) is 20.4. The first-order chi connectivity index (χ1) is 12.1. The summed E-state index contributed by atoms with van der Waals surface area (Å²) in [6, 6.07) is 13.0. The molecule has 2 aromatic carbocycles. The Bertz CT molecular complexity index is 826. The Labute approximate surface area is 165 Å². The van der Waals surface area contributed by atoms with Crippen molar-refractivity contribution in [2.75, 3.05) is 6.38 Å². The quantitative estimate of drug-likeness (QED) is 0.534. The molecule has 0 aliphatic rings. The molecule has 0 atom stereocenters. The van der Waals surface area contributed by atoms with Crippen LogP contribution in [-0.2, 0) is 0 Å². The molecule has 0 bridgehead atoms. The topological polar surface area (TPSA) is 0 Å². The van der Waals surface area contributed by atoms with Gasteiger partial charge in [0.15, 0.2) is 0 Å². The highest BCUT2D eigenvalue weighted by molar-refractivity contribution is 6.15. The molecule has 0 radical (unpaired) electrons. The third-order valence-electron chi connectivity index (χ3n) is 4.51. The maximum atomic E-state index is 4.64. The standard InChI is InChI=1S/C13H16.C11H16.CH3Cl/c1-9(2)12(5)13-8-10(3)6-7-11(13)4;1-8(2)11-6-5-9(3)10(4)7-11;1-2/h6-8H,1,4H2,2-3,5H3;5-8H,1-4H3;1H3/b13-12+;;. The van der Waals surface area contributed by atoms with Gasteiger partial charge in [0.1, 0.15) is 0 Å². The number of allylic oxidation sites excluding steroid dienone is 1. The predicted octanol–water partition coefficient (Wildman–Crippen LogP) is 6.43. The molecule has 0 spiro atoms. The molecule has 0 unspecified atom stereocenters. The minimum atomic E-state index is 0.647. The number of hydrogen-bond donors (Lipinski definition) is 0. The van der Waals surface area contributed by atoms with Gasteiger partial charge in [0.25, 0.3) is 0 Å². The molecule has 2 aromatic rings. The molecule has 0 saturated carbocycles. The molecule has 1 heteroatoms. The summed E-state index contributed by atoms with van der Waals surface area (Å²) in [4.78, 5) is 0. The summed E-state index contributed by atoms with van der Waals surface area (Å²) in [6.45, 7) is 22.9. The van der Waals surface area contributed by atoms with Gasteiger partial charge in [0.05, 0.1) is 0 Å². The van der Waals surface area contributed by atoms with Crippen molar-refractivity contribution < 1.29 is 0 Å². The van der Waals surface area contributed by atoms with Crippen LogP contribution < -0.4 is 10.4 Å². The Morgan fingerprint density at radius 3 is 1.92 bits per heavy atom. The first kappa shape index (κ1) is 24.2. The highest BCUT2D eigenvalue weighted by atomic mass is 35.5. The average Bonchev–Trinajstić information content (AvgIpc) is 2.61. The van der Waals surface area contributed by atoms with Gasteiger partial charge in [-0.15, -0.1) is 11.6 Å². The summed E-state index contributed by atoms with van der Waals surface area (Å²) >= 11 is 4.64. The lowest BCUT2D eigenvalue weighted by atomic mass is 9.99. The van der Waals surface area contributed by atoms with Crippen LogP contribution in [0.5, 0.6) is 0 Å². The Morgan fingerprint density at radius 1 is 0.885 bits per heavy atom. The number of rotatable bonds is 2. The van der Waals surface area contributed by atoms with Crippen LogP contribution in [0.4, 0.5) is 0 Å². The molecule has 0 amide bonds. The van der Waals surface area contributed by atoms with Crippen molar-refractivity contribution in [1.82, 2.24) is 0 Å². The van der Waals surface area contributed by atoms with Crippen LogP contribution in [0.25, 0.3) is 12.2 Å². The second-order valence-corrected chi connectivity index (χ2v) is 7.06. The van der Waals surface area contributed by atoms with E-state index in [-0.39, 0.29) is 0 Å². The highest BCUT2D eigenvalue weighted by Crippen LogP contribution is 2.17. The molecule has 142 valence electrons. The number of aryl methyl sites for hydroxylation is 3. The third kappa shape index (κ3) is 7.62. The lowest BCUT2D eigenvalue weighted by Crippen LogP contribution is -2.25. The van der Waals surface area contributed by atoms with Crippen LogP contribution in [0.15, 0.2) is 48.6 Å². The van der Waals surface area contributed by atoms with Crippen LogP contribution in [0.3, 0.4) is 0 Å². The van der Waals surface area contributed by atoms with Gasteiger partial charge >= 0.3 is 0 Å². The van der Waals surface area contributed by atoms with E-state index in [4.69, 9.17) is 0 Å². The Hall–Kier alpha value is -1.79. The van der Waals surface area contributed by atoms with Crippen molar-refractivity contribution in [1.29, 1.82) is 0 Å². The normalized spacial score (nSPS) is 11.0. The van der Waals surface area contributed by atoms with Crippen molar-refractivity contribution in [2.45, 2.75) is 54.4 Å². The van der Waals surface area contributed by atoms with Gasteiger partial charge in [-0.25, -0.2) is 0 Å². The minimum absolute atomic E-state index is 0.647. The van der Waals surface area contributed by atoms with E-state index in [1.807, 2.05) is 6.92 Å². The second-order valence-electron chi connectivity index (χ2n) is 7.06. The molecule has 2 rings (SSSR count). The summed E-state index contributed by atoms with van der Waals surface area (Å²) in [6.07, 6.45) is 1.47. The molecule has 0 nitrogen and oxygen atoms in total. The van der Waals surface area contributed by atoms with Gasteiger partial charge in [0, 0.05) is 6.38 Å². The maximum absolute atomic E-state index is 4.64. The lowest BCUT2D eigenvalue weighted by molar-refractivity contribution is 0.864. The molecule has 0 aliphatic heterocycles. The first-order valence-electron chi connectivity index (χ1n) is 9.00. The largest absolute Gasteiger partial charge is 0.130 e. The molecular formula is C25H35Cl. The fourth-order valence-corrected chi connectivity index (χ4v) is 2.39. The second kappa shape index (κ2) is 11.8. The molecule has 26 heavy (non-hydrogen) atoms. The van der Waals surface area contributed by atoms with Crippen molar-refractivity contribution in [3.8, 4) is 0 Å². The Kier molecular flexibility index (Phi) is 10.9. The first-order valence-corrected chi connectivity index (χ1v) is 9.76. The molecule has 0 N–H and O–H groups in total. The van der Waals surface area contributed by atoms with Crippen molar-refractivity contribution >= 4 is 23.8 Å². The Morgan fingerprint density at radius 2 is 1.46 bits per heavy atom. The molecule has 0 aromatic heterocycles. The van der Waals surface area contributed by atoms with E-state index in [9.17, 15) is 0 Å². The number of alkyl halides is 1. The average molecular weight is 371 g/mol. The smallest absolute Gasteiger partial charge is 0.0108 e. The third-order valence-corrected chi connectivity index (χ3v) is 4.51. The van der Waals surface area contributed by atoms with Gasteiger partial charge in [0.2, 0.25) is 0 Å². The fraction of sp³-hybridized carbons (Fsp3) is 0.360. The summed E-state index contributed by atoms with van der Waals surface area (Å²) in [5.41, 5.74) is 7.82. The van der Waals surface area contributed by atoms with Crippen LogP contribution >= 0.6 is 11.6 Å². The van der Waals surface area contributed by atoms with E-state index >= 15 is 0 Å². The van der Waals surface area contributed by atoms with E-state index in [0.29, 0.717) is 5.92 Å². The van der Waals surface area contributed by atoms with Gasteiger partial charge < -0.3 is 0 Å². The van der Waals surface area contributed by atoms with E-state index in [2.05, 4.69) is 103 Å². The molecule has 0 saturated heterocycles. The highest BCUT2D eigenvalue weighted by Gasteiger charge is 1.99. The summed E-state index contributed by atoms with van der Waals surface area (Å²) < 4.78 is 0. The zero-order valence-corrected chi connectivity index (χ0v) is 18.6. The van der Waals surface area contributed by atoms with Crippen molar-refractivity contribution in [2.24, 2.45) is 0 Å². The van der Waals surface area contributed by atoms with E-state index in [1.54, 1.807) is 0 Å². The van der Waals surface area contributed by atoms with Crippen LogP contribution in [0.1, 0.15) is 55.9 Å². The fourth-order valence-electron chi connectivity index (χ4n) is 2.39. The predicted molar refractivity (Wildman–Crippen MR) is 122 cm³/mol. The van der Waals surface area contributed by atoms with E-state index in [0.717, 1.165) is 10.8 Å². The zero-order valence-electron chi connectivity index (χ0n) is 17.8. The number of benzene rings is 2. The molecular weight excluding hydrogens is 336 g/mol. The van der Waals surface area contributed by atoms with E-state index < -0.39 is 0 Å². The maximum Gasteiger partial charge on any atom is 0.0108 e. The minimum Gasteiger partial charge on any atom is -0.130 e. The van der Waals surface area contributed by atoms with Gasteiger partial charge in [-0.05, 0) is 73.2 Å². The van der Waals surface area contributed by atoms with Crippen LogP contribution in [-0.4, -0.2) is 6.38 Å². The SMILES string of the molecule is C=C(C)/C(C)=c1\cc(C)ccc1=C.CCl.Cc1ccc(C(C)C)cc1C. The Balaban J connectivity index is 0.000000444. The van der Waals surface area contributed by atoms with Gasteiger partial charge in [-0.3, -0.25) is 0 Å². The molecule has 0 heterocycles. The monoisotopic (exact) mass is 370 g/mol. The van der Waals surface area contributed by atoms with E-state index in [1.165, 1.54) is 39.4 Å². The molecule has 0 aliphatic carbocycles. The van der Waals surface area contributed by atoms with Gasteiger partial charge in [-0.1, -0.05) is 74.5 Å². The van der Waals surface area contributed by atoms with Crippen LogP contribution in [0, 0.1) is 20.8 Å². The van der Waals surface area contributed by atoms with Crippen molar-refractivity contribution in [3.05, 3.63) is 81.2 Å². The summed E-state index contributed by atoms with van der Waals surface area (Å²) in [7, 11) is 0. The molecule has 0 fully saturated rings. The number of hydrogen-bond acceptors (Lipinski definition) is 0. The van der Waals surface area contributed by atoms with Crippen LogP contribution in [0.2, 0.25) is 0 Å². The van der Waals surface area contributed by atoms with Crippen molar-refractivity contribution in [3.63, 3.8) is 0 Å². The lowest BCUT2D eigenvalue weighted by Gasteiger charge is -2.07. The summed E-state index contributed by atoms with van der Waals surface area (Å²) in [5.74, 6) is 0.647. The number of halogens is 1. The summed E-state index contributed by atoms with van der Waals surface area (Å²) in [5, 5.41) is 2.29.